The minimum absolute atomic E-state index is 0.282. The SMILES string of the molecule is CC(C)(c1ccccc1)C(N)C#N. The van der Waals surface area contributed by atoms with Crippen molar-refractivity contribution in [2.24, 2.45) is 5.73 Å². The molecule has 0 bridgehead atoms. The van der Waals surface area contributed by atoms with Crippen LogP contribution in [0.15, 0.2) is 30.3 Å². The summed E-state index contributed by atoms with van der Waals surface area (Å²) in [5, 5.41) is 8.76. The van der Waals surface area contributed by atoms with E-state index >= 15 is 0 Å². The Morgan fingerprint density at radius 3 is 2.31 bits per heavy atom. The second-order valence-electron chi connectivity index (χ2n) is 3.69. The maximum absolute atomic E-state index is 8.76. The molecular weight excluding hydrogens is 160 g/mol. The van der Waals surface area contributed by atoms with Crippen LogP contribution in [-0.4, -0.2) is 6.04 Å². The van der Waals surface area contributed by atoms with Crippen molar-refractivity contribution in [2.45, 2.75) is 25.3 Å². The van der Waals surface area contributed by atoms with E-state index in [9.17, 15) is 0 Å². The zero-order valence-corrected chi connectivity index (χ0v) is 7.99. The van der Waals surface area contributed by atoms with Crippen LogP contribution in [0.25, 0.3) is 0 Å². The molecule has 0 aromatic heterocycles. The summed E-state index contributed by atoms with van der Waals surface area (Å²) < 4.78 is 0. The molecule has 68 valence electrons. The molecule has 1 unspecified atom stereocenters. The van der Waals surface area contributed by atoms with Crippen molar-refractivity contribution in [3.05, 3.63) is 35.9 Å². The lowest BCUT2D eigenvalue weighted by atomic mass is 9.79. The monoisotopic (exact) mass is 174 g/mol. The highest BCUT2D eigenvalue weighted by molar-refractivity contribution is 5.28. The first-order chi connectivity index (χ1) is 6.09. The van der Waals surface area contributed by atoms with E-state index in [-0.39, 0.29) is 5.41 Å². The van der Waals surface area contributed by atoms with Gasteiger partial charge in [0.15, 0.2) is 0 Å². The third-order valence-electron chi connectivity index (χ3n) is 2.43. The molecule has 0 aliphatic heterocycles. The Labute approximate surface area is 79.0 Å². The largest absolute Gasteiger partial charge is 0.315 e. The molecule has 2 nitrogen and oxygen atoms in total. The van der Waals surface area contributed by atoms with Crippen LogP contribution in [0.2, 0.25) is 0 Å². The summed E-state index contributed by atoms with van der Waals surface area (Å²) in [5.74, 6) is 0. The first-order valence-electron chi connectivity index (χ1n) is 4.29. The Morgan fingerprint density at radius 1 is 1.31 bits per heavy atom. The maximum Gasteiger partial charge on any atom is 0.102 e. The summed E-state index contributed by atoms with van der Waals surface area (Å²) in [7, 11) is 0. The minimum Gasteiger partial charge on any atom is -0.315 e. The van der Waals surface area contributed by atoms with E-state index < -0.39 is 6.04 Å². The fourth-order valence-corrected chi connectivity index (χ4v) is 1.21. The molecule has 0 radical (unpaired) electrons. The third-order valence-corrected chi connectivity index (χ3v) is 2.43. The van der Waals surface area contributed by atoms with Gasteiger partial charge in [-0.15, -0.1) is 0 Å². The molecule has 1 aromatic rings. The minimum atomic E-state index is -0.463. The lowest BCUT2D eigenvalue weighted by Gasteiger charge is -2.27. The van der Waals surface area contributed by atoms with Crippen molar-refractivity contribution in [1.29, 1.82) is 5.26 Å². The quantitative estimate of drug-likeness (QED) is 0.743. The second-order valence-corrected chi connectivity index (χ2v) is 3.69. The third kappa shape index (κ3) is 1.88. The number of hydrogen-bond acceptors (Lipinski definition) is 2. The predicted octanol–water partition coefficient (Wildman–Crippen LogP) is 1.82. The van der Waals surface area contributed by atoms with Gasteiger partial charge in [0, 0.05) is 5.41 Å². The molecule has 0 amide bonds. The highest BCUT2D eigenvalue weighted by Gasteiger charge is 2.27. The molecule has 0 fully saturated rings. The average molecular weight is 174 g/mol. The van der Waals surface area contributed by atoms with E-state index in [1.807, 2.05) is 44.2 Å². The van der Waals surface area contributed by atoms with Gasteiger partial charge < -0.3 is 5.73 Å². The second kappa shape index (κ2) is 3.59. The summed E-state index contributed by atoms with van der Waals surface area (Å²) in [6, 6.07) is 11.5. The van der Waals surface area contributed by atoms with Crippen LogP contribution in [0.5, 0.6) is 0 Å². The van der Waals surface area contributed by atoms with E-state index in [2.05, 4.69) is 6.07 Å². The van der Waals surface area contributed by atoms with Crippen LogP contribution in [0, 0.1) is 11.3 Å². The molecule has 1 rings (SSSR count). The highest BCUT2D eigenvalue weighted by atomic mass is 14.7. The van der Waals surface area contributed by atoms with Gasteiger partial charge in [0.1, 0.15) is 6.04 Å². The predicted molar refractivity (Wildman–Crippen MR) is 53.1 cm³/mol. The molecule has 0 saturated carbocycles. The molecule has 2 N–H and O–H groups in total. The number of rotatable bonds is 2. The fraction of sp³-hybridized carbons (Fsp3) is 0.364. The topological polar surface area (TPSA) is 49.8 Å². The van der Waals surface area contributed by atoms with Gasteiger partial charge >= 0.3 is 0 Å². The van der Waals surface area contributed by atoms with Gasteiger partial charge in [0.05, 0.1) is 6.07 Å². The standard InChI is InChI=1S/C11H14N2/c1-11(2,10(13)8-12)9-6-4-3-5-7-9/h3-7,10H,13H2,1-2H3. The molecule has 0 saturated heterocycles. The molecule has 0 heterocycles. The van der Waals surface area contributed by atoms with Crippen molar-refractivity contribution in [1.82, 2.24) is 0 Å². The van der Waals surface area contributed by atoms with Gasteiger partial charge in [0.25, 0.3) is 0 Å². The normalized spacial score (nSPS) is 13.4. The Kier molecular flexibility index (Phi) is 2.69. The van der Waals surface area contributed by atoms with Gasteiger partial charge in [-0.2, -0.15) is 5.26 Å². The van der Waals surface area contributed by atoms with Crippen LogP contribution in [0.3, 0.4) is 0 Å². The van der Waals surface area contributed by atoms with Gasteiger partial charge in [0.2, 0.25) is 0 Å². The van der Waals surface area contributed by atoms with Crippen LogP contribution >= 0.6 is 0 Å². The zero-order valence-electron chi connectivity index (χ0n) is 7.99. The van der Waals surface area contributed by atoms with Crippen molar-refractivity contribution >= 4 is 0 Å². The molecule has 1 atom stereocenters. The Bertz CT molecular complexity index is 309. The van der Waals surface area contributed by atoms with Crippen molar-refractivity contribution in [2.75, 3.05) is 0 Å². The van der Waals surface area contributed by atoms with Gasteiger partial charge in [-0.3, -0.25) is 0 Å². The van der Waals surface area contributed by atoms with Crippen LogP contribution < -0.4 is 5.73 Å². The van der Waals surface area contributed by atoms with Crippen molar-refractivity contribution in [3.63, 3.8) is 0 Å². The summed E-state index contributed by atoms with van der Waals surface area (Å²) in [4.78, 5) is 0. The molecule has 2 heteroatoms. The van der Waals surface area contributed by atoms with Crippen molar-refractivity contribution < 1.29 is 0 Å². The number of nitriles is 1. The summed E-state index contributed by atoms with van der Waals surface area (Å²) in [6.07, 6.45) is 0. The van der Waals surface area contributed by atoms with E-state index in [1.165, 1.54) is 0 Å². The number of benzene rings is 1. The number of hydrogen-bond donors (Lipinski definition) is 1. The van der Waals surface area contributed by atoms with E-state index in [1.54, 1.807) is 0 Å². The number of nitrogens with two attached hydrogens (primary N) is 1. The average Bonchev–Trinajstić information content (AvgIpc) is 2.18. The van der Waals surface area contributed by atoms with Crippen LogP contribution in [0.1, 0.15) is 19.4 Å². The Balaban J connectivity index is 3.02. The van der Waals surface area contributed by atoms with Gasteiger partial charge in [-0.05, 0) is 5.56 Å². The molecular formula is C11H14N2. The number of nitrogens with zero attached hydrogens (tertiary/aromatic N) is 1. The van der Waals surface area contributed by atoms with Gasteiger partial charge in [-0.1, -0.05) is 44.2 Å². The van der Waals surface area contributed by atoms with E-state index in [0.29, 0.717) is 0 Å². The Hall–Kier alpha value is -1.33. The molecule has 0 aliphatic rings. The Morgan fingerprint density at radius 2 is 1.85 bits per heavy atom. The molecule has 0 spiro atoms. The summed E-state index contributed by atoms with van der Waals surface area (Å²) in [5.41, 5.74) is 6.54. The van der Waals surface area contributed by atoms with Crippen LogP contribution in [0.4, 0.5) is 0 Å². The highest BCUT2D eigenvalue weighted by Crippen LogP contribution is 2.25. The fourth-order valence-electron chi connectivity index (χ4n) is 1.21. The maximum atomic E-state index is 8.76. The summed E-state index contributed by atoms with van der Waals surface area (Å²) >= 11 is 0. The molecule has 1 aromatic carbocycles. The van der Waals surface area contributed by atoms with E-state index in [4.69, 9.17) is 11.0 Å². The van der Waals surface area contributed by atoms with E-state index in [0.717, 1.165) is 5.56 Å². The first kappa shape index (κ1) is 9.76. The zero-order chi connectivity index (χ0) is 9.90. The molecule has 0 aliphatic carbocycles. The van der Waals surface area contributed by atoms with Crippen molar-refractivity contribution in [3.8, 4) is 6.07 Å². The smallest absolute Gasteiger partial charge is 0.102 e. The molecule has 13 heavy (non-hydrogen) atoms. The first-order valence-corrected chi connectivity index (χ1v) is 4.29. The van der Waals surface area contributed by atoms with Gasteiger partial charge in [-0.25, -0.2) is 0 Å². The van der Waals surface area contributed by atoms with Crippen LogP contribution in [-0.2, 0) is 5.41 Å². The lowest BCUT2D eigenvalue weighted by Crippen LogP contribution is -2.39. The summed E-state index contributed by atoms with van der Waals surface area (Å²) in [6.45, 7) is 3.96. The lowest BCUT2D eigenvalue weighted by molar-refractivity contribution is 0.473.